The molecule has 0 heterocycles. The molecule has 0 spiro atoms. The van der Waals surface area contributed by atoms with Crippen molar-refractivity contribution in [2.75, 3.05) is 6.61 Å². The topological polar surface area (TPSA) is 46.5 Å². The van der Waals surface area contributed by atoms with Crippen LogP contribution in [0.5, 0.6) is 11.5 Å². The van der Waals surface area contributed by atoms with Crippen LogP contribution in [-0.4, -0.2) is 17.5 Å². The number of carbonyl (C=O) groups excluding carboxylic acids is 1. The minimum atomic E-state index is 0.0790. The molecule has 116 valence electrons. The van der Waals surface area contributed by atoms with Crippen LogP contribution < -0.4 is 4.74 Å². The van der Waals surface area contributed by atoms with Crippen molar-refractivity contribution in [2.45, 2.75) is 34.1 Å². The van der Waals surface area contributed by atoms with Crippen molar-refractivity contribution in [3.8, 4) is 22.6 Å². The van der Waals surface area contributed by atoms with Gasteiger partial charge in [-0.15, -0.1) is 0 Å². The minimum absolute atomic E-state index is 0.0790. The third-order valence-corrected chi connectivity index (χ3v) is 3.84. The number of phenolic OH excluding ortho intramolecular Hbond substituents is 1. The number of phenols is 1. The highest BCUT2D eigenvalue weighted by molar-refractivity contribution is 5.96. The van der Waals surface area contributed by atoms with Crippen LogP contribution in [0.25, 0.3) is 11.1 Å². The monoisotopic (exact) mass is 298 g/mol. The zero-order chi connectivity index (χ0) is 16.3. The molecule has 0 radical (unpaired) electrons. The molecule has 0 bridgehead atoms. The Morgan fingerprint density at radius 3 is 2.50 bits per heavy atom. The van der Waals surface area contributed by atoms with Gasteiger partial charge in [-0.25, -0.2) is 0 Å². The van der Waals surface area contributed by atoms with E-state index in [1.54, 1.807) is 13.0 Å². The maximum absolute atomic E-state index is 11.7. The van der Waals surface area contributed by atoms with Crippen molar-refractivity contribution >= 4 is 5.78 Å². The molecule has 0 aliphatic carbocycles. The van der Waals surface area contributed by atoms with Gasteiger partial charge in [-0.1, -0.05) is 25.1 Å². The van der Waals surface area contributed by atoms with Crippen molar-refractivity contribution in [3.05, 3.63) is 47.0 Å². The van der Waals surface area contributed by atoms with E-state index in [-0.39, 0.29) is 11.5 Å². The smallest absolute Gasteiger partial charge is 0.160 e. The Hall–Kier alpha value is -2.29. The second-order valence-corrected chi connectivity index (χ2v) is 5.30. The summed E-state index contributed by atoms with van der Waals surface area (Å²) in [6, 6.07) is 9.37. The molecule has 0 unspecified atom stereocenters. The minimum Gasteiger partial charge on any atom is -0.508 e. The lowest BCUT2D eigenvalue weighted by Gasteiger charge is -2.16. The fraction of sp³-hybridized carbons (Fsp3) is 0.316. The van der Waals surface area contributed by atoms with E-state index in [4.69, 9.17) is 4.74 Å². The first-order valence-corrected chi connectivity index (χ1v) is 7.59. The van der Waals surface area contributed by atoms with Gasteiger partial charge in [0.1, 0.15) is 11.5 Å². The van der Waals surface area contributed by atoms with Crippen LogP contribution in [0.15, 0.2) is 30.3 Å². The van der Waals surface area contributed by atoms with Crippen molar-refractivity contribution in [1.29, 1.82) is 0 Å². The molecular weight excluding hydrogens is 276 g/mol. The molecule has 1 N–H and O–H groups in total. The highest BCUT2D eigenvalue weighted by Crippen LogP contribution is 2.38. The molecule has 3 heteroatoms. The van der Waals surface area contributed by atoms with Crippen LogP contribution in [0.3, 0.4) is 0 Å². The molecule has 2 rings (SSSR count). The molecule has 0 aromatic heterocycles. The average Bonchev–Trinajstić information content (AvgIpc) is 2.51. The van der Waals surface area contributed by atoms with E-state index in [1.807, 2.05) is 45.0 Å². The Kier molecular flexibility index (Phi) is 4.86. The van der Waals surface area contributed by atoms with E-state index in [1.165, 1.54) is 0 Å². The molecular formula is C19H22O3. The third kappa shape index (κ3) is 2.98. The second-order valence-electron chi connectivity index (χ2n) is 5.30. The molecule has 0 atom stereocenters. The van der Waals surface area contributed by atoms with Gasteiger partial charge >= 0.3 is 0 Å². The summed E-state index contributed by atoms with van der Waals surface area (Å²) in [6.45, 7) is 7.92. The molecule has 22 heavy (non-hydrogen) atoms. The van der Waals surface area contributed by atoms with Gasteiger partial charge in [0, 0.05) is 16.7 Å². The fourth-order valence-corrected chi connectivity index (χ4v) is 2.64. The van der Waals surface area contributed by atoms with Gasteiger partial charge in [0.05, 0.1) is 6.61 Å². The van der Waals surface area contributed by atoms with Crippen molar-refractivity contribution < 1.29 is 14.6 Å². The quantitative estimate of drug-likeness (QED) is 0.825. The molecule has 0 aliphatic heterocycles. The number of rotatable bonds is 5. The summed E-state index contributed by atoms with van der Waals surface area (Å²) >= 11 is 0. The Labute approximate surface area is 131 Å². The number of aryl methyl sites for hydroxylation is 1. The third-order valence-electron chi connectivity index (χ3n) is 3.84. The average molecular weight is 298 g/mol. The standard InChI is InChI=1S/C19H22O3/c1-5-14-11-15(7-8-16(14)13(4)20)17-9-10-18(21)12(3)19(17)22-6-2/h7-11,21H,5-6H2,1-4H3. The number of Topliss-reactive ketones (excluding diaryl/α,β-unsaturated/α-hetero) is 1. The van der Waals surface area contributed by atoms with Crippen LogP contribution in [0.1, 0.15) is 42.3 Å². The van der Waals surface area contributed by atoms with Crippen LogP contribution in [0.4, 0.5) is 0 Å². The van der Waals surface area contributed by atoms with Gasteiger partial charge in [0.15, 0.2) is 5.78 Å². The summed E-state index contributed by atoms with van der Waals surface area (Å²) in [7, 11) is 0. The summed E-state index contributed by atoms with van der Waals surface area (Å²) in [4.78, 5) is 11.7. The first kappa shape index (κ1) is 16.1. The Morgan fingerprint density at radius 1 is 1.18 bits per heavy atom. The van der Waals surface area contributed by atoms with Gasteiger partial charge in [0.2, 0.25) is 0 Å². The van der Waals surface area contributed by atoms with E-state index < -0.39 is 0 Å². The summed E-state index contributed by atoms with van der Waals surface area (Å²) in [5.41, 5.74) is 4.45. The number of ether oxygens (including phenoxy) is 1. The molecule has 0 saturated carbocycles. The van der Waals surface area contributed by atoms with Crippen molar-refractivity contribution in [2.24, 2.45) is 0 Å². The Bertz CT molecular complexity index is 702. The van der Waals surface area contributed by atoms with Crippen LogP contribution in [-0.2, 0) is 6.42 Å². The van der Waals surface area contributed by atoms with Crippen molar-refractivity contribution in [1.82, 2.24) is 0 Å². The highest BCUT2D eigenvalue weighted by Gasteiger charge is 2.14. The summed E-state index contributed by atoms with van der Waals surface area (Å²) in [5.74, 6) is 0.999. The van der Waals surface area contributed by atoms with Crippen LogP contribution in [0.2, 0.25) is 0 Å². The number of hydrogen-bond donors (Lipinski definition) is 1. The lowest BCUT2D eigenvalue weighted by Crippen LogP contribution is -2.00. The van der Waals surface area contributed by atoms with E-state index in [0.29, 0.717) is 12.4 Å². The van der Waals surface area contributed by atoms with Gasteiger partial charge in [0.25, 0.3) is 0 Å². The van der Waals surface area contributed by atoms with Crippen LogP contribution >= 0.6 is 0 Å². The zero-order valence-corrected chi connectivity index (χ0v) is 13.6. The number of benzene rings is 2. The lowest BCUT2D eigenvalue weighted by molar-refractivity contribution is 0.101. The maximum atomic E-state index is 11.7. The number of ketones is 1. The molecule has 3 nitrogen and oxygen atoms in total. The molecule has 0 aliphatic rings. The van der Waals surface area contributed by atoms with E-state index in [0.717, 1.165) is 34.2 Å². The number of carbonyl (C=O) groups is 1. The second kappa shape index (κ2) is 6.65. The zero-order valence-electron chi connectivity index (χ0n) is 13.6. The number of aromatic hydroxyl groups is 1. The molecule has 2 aromatic carbocycles. The van der Waals surface area contributed by atoms with E-state index in [9.17, 15) is 9.90 Å². The maximum Gasteiger partial charge on any atom is 0.160 e. The summed E-state index contributed by atoms with van der Waals surface area (Å²) in [5, 5.41) is 9.89. The van der Waals surface area contributed by atoms with Gasteiger partial charge in [-0.2, -0.15) is 0 Å². The van der Waals surface area contributed by atoms with Crippen LogP contribution in [0, 0.1) is 6.92 Å². The Morgan fingerprint density at radius 2 is 1.91 bits per heavy atom. The Balaban J connectivity index is 2.61. The lowest BCUT2D eigenvalue weighted by atomic mass is 9.94. The van der Waals surface area contributed by atoms with E-state index >= 15 is 0 Å². The summed E-state index contributed by atoms with van der Waals surface area (Å²) < 4.78 is 5.73. The van der Waals surface area contributed by atoms with E-state index in [2.05, 4.69) is 0 Å². The molecule has 2 aromatic rings. The highest BCUT2D eigenvalue weighted by atomic mass is 16.5. The number of hydrogen-bond acceptors (Lipinski definition) is 3. The normalized spacial score (nSPS) is 10.5. The van der Waals surface area contributed by atoms with Gasteiger partial charge < -0.3 is 9.84 Å². The first-order valence-electron chi connectivity index (χ1n) is 7.59. The van der Waals surface area contributed by atoms with Gasteiger partial charge in [-0.3, -0.25) is 4.79 Å². The molecule has 0 saturated heterocycles. The van der Waals surface area contributed by atoms with Gasteiger partial charge in [-0.05, 0) is 50.5 Å². The predicted octanol–water partition coefficient (Wildman–Crippen LogP) is 4.53. The fourth-order valence-electron chi connectivity index (χ4n) is 2.64. The SMILES string of the molecule is CCOc1c(-c2ccc(C(C)=O)c(CC)c2)ccc(O)c1C. The van der Waals surface area contributed by atoms with Crippen molar-refractivity contribution in [3.63, 3.8) is 0 Å². The first-order chi connectivity index (χ1) is 10.5. The molecule has 0 fully saturated rings. The molecule has 0 amide bonds. The summed E-state index contributed by atoms with van der Waals surface area (Å²) in [6.07, 6.45) is 0.795. The predicted molar refractivity (Wildman–Crippen MR) is 88.8 cm³/mol. The largest absolute Gasteiger partial charge is 0.508 e.